The lowest BCUT2D eigenvalue weighted by Crippen LogP contribution is -2.37. The molecule has 2 amide bonds. The van der Waals surface area contributed by atoms with E-state index in [1.165, 1.54) is 0 Å². The van der Waals surface area contributed by atoms with E-state index in [2.05, 4.69) is 50.4 Å². The van der Waals surface area contributed by atoms with E-state index in [0.29, 0.717) is 56.4 Å². The zero-order valence-electron chi connectivity index (χ0n) is 26.7. The van der Waals surface area contributed by atoms with Crippen LogP contribution in [0.5, 0.6) is 11.5 Å². The molecule has 1 rings (SSSR count). The highest BCUT2D eigenvalue weighted by Gasteiger charge is 2.25. The number of rotatable bonds is 19. The molecule has 0 radical (unpaired) electrons. The first-order valence-electron chi connectivity index (χ1n) is 14.9. The molecule has 2 unspecified atom stereocenters. The van der Waals surface area contributed by atoms with Crippen LogP contribution in [-0.2, 0) is 14.3 Å². The van der Waals surface area contributed by atoms with Crippen LogP contribution in [0.25, 0.3) is 0 Å². The van der Waals surface area contributed by atoms with Crippen molar-refractivity contribution in [2.75, 3.05) is 47.1 Å². The first-order valence-corrected chi connectivity index (χ1v) is 14.9. The van der Waals surface area contributed by atoms with Crippen LogP contribution in [0.15, 0.2) is 35.5 Å². The molecule has 0 saturated heterocycles. The second kappa shape index (κ2) is 19.9. The Morgan fingerprint density at radius 1 is 0.927 bits per heavy atom. The maximum Gasteiger partial charge on any atom is 0.427 e. The largest absolute Gasteiger partial charge is 0.493 e. The summed E-state index contributed by atoms with van der Waals surface area (Å²) < 4.78 is 21.7. The van der Waals surface area contributed by atoms with Crippen LogP contribution in [0.4, 0.5) is 4.79 Å². The first-order chi connectivity index (χ1) is 19.6. The van der Waals surface area contributed by atoms with Crippen molar-refractivity contribution in [1.29, 1.82) is 0 Å². The number of hydrogen-bond acceptors (Lipinski definition) is 7. The van der Waals surface area contributed by atoms with Gasteiger partial charge in [0.05, 0.1) is 26.0 Å². The number of ether oxygens (including phenoxy) is 4. The van der Waals surface area contributed by atoms with E-state index >= 15 is 0 Å². The molecular weight excluding hydrogens is 522 g/mol. The molecule has 9 nitrogen and oxygen atoms in total. The number of hydrazone groups is 1. The molecule has 1 aromatic carbocycles. The Hall–Kier alpha value is -3.07. The van der Waals surface area contributed by atoms with E-state index in [9.17, 15) is 9.59 Å². The second-order valence-corrected chi connectivity index (χ2v) is 10.5. The lowest BCUT2D eigenvalue weighted by Gasteiger charge is -2.27. The summed E-state index contributed by atoms with van der Waals surface area (Å²) in [4.78, 5) is 27.1. The van der Waals surface area contributed by atoms with Gasteiger partial charge < -0.3 is 23.8 Å². The van der Waals surface area contributed by atoms with Gasteiger partial charge in [-0.2, -0.15) is 5.10 Å². The molecule has 0 spiro atoms. The highest BCUT2D eigenvalue weighted by atomic mass is 16.6. The number of carbonyl (C=O) groups is 2. The fraction of sp³-hybridized carbons (Fsp3) is 0.656. The van der Waals surface area contributed by atoms with Crippen molar-refractivity contribution in [2.45, 2.75) is 67.7 Å². The fourth-order valence-corrected chi connectivity index (χ4v) is 4.58. The van der Waals surface area contributed by atoms with Gasteiger partial charge in [-0.1, -0.05) is 39.8 Å². The molecule has 0 aliphatic rings. The van der Waals surface area contributed by atoms with Crippen LogP contribution in [-0.4, -0.2) is 69.7 Å². The summed E-state index contributed by atoms with van der Waals surface area (Å²) in [5, 5.41) is 4.54. The zero-order chi connectivity index (χ0) is 30.8. The van der Waals surface area contributed by atoms with Gasteiger partial charge in [0.1, 0.15) is 0 Å². The van der Waals surface area contributed by atoms with E-state index < -0.39 is 6.09 Å². The van der Waals surface area contributed by atoms with Crippen LogP contribution >= 0.6 is 0 Å². The molecule has 232 valence electrons. The second-order valence-electron chi connectivity index (χ2n) is 10.5. The van der Waals surface area contributed by atoms with Gasteiger partial charge >= 0.3 is 6.09 Å². The molecule has 0 aromatic heterocycles. The molecule has 0 heterocycles. The van der Waals surface area contributed by atoms with Crippen molar-refractivity contribution < 1.29 is 28.5 Å². The molecule has 1 N–H and O–H groups in total. The van der Waals surface area contributed by atoms with Gasteiger partial charge in [-0.05, 0) is 63.6 Å². The maximum atomic E-state index is 13.1. The van der Waals surface area contributed by atoms with E-state index in [4.69, 9.17) is 18.9 Å². The Morgan fingerprint density at radius 2 is 1.56 bits per heavy atom. The van der Waals surface area contributed by atoms with Crippen molar-refractivity contribution in [3.8, 4) is 11.5 Å². The fourth-order valence-electron chi connectivity index (χ4n) is 4.58. The minimum atomic E-state index is -0.609. The van der Waals surface area contributed by atoms with Gasteiger partial charge in [-0.25, -0.2) is 10.2 Å². The highest BCUT2D eigenvalue weighted by Crippen LogP contribution is 2.31. The Bertz CT molecular complexity index is 972. The van der Waals surface area contributed by atoms with Gasteiger partial charge in [0.2, 0.25) is 5.91 Å². The molecule has 0 bridgehead atoms. The smallest absolute Gasteiger partial charge is 0.427 e. The lowest BCUT2D eigenvalue weighted by atomic mass is 9.84. The van der Waals surface area contributed by atoms with Gasteiger partial charge in [-0.3, -0.25) is 4.79 Å². The number of nitrogens with one attached hydrogen (secondary N) is 1. The molecule has 1 aromatic rings. The van der Waals surface area contributed by atoms with Gasteiger partial charge in [0.15, 0.2) is 11.5 Å². The monoisotopic (exact) mass is 575 g/mol. The van der Waals surface area contributed by atoms with Gasteiger partial charge in [0.25, 0.3) is 0 Å². The zero-order valence-corrected chi connectivity index (χ0v) is 26.7. The van der Waals surface area contributed by atoms with Crippen molar-refractivity contribution in [3.05, 3.63) is 35.9 Å². The molecule has 0 fully saturated rings. The van der Waals surface area contributed by atoms with Crippen molar-refractivity contribution >= 4 is 17.7 Å². The average Bonchev–Trinajstić information content (AvgIpc) is 2.94. The normalized spacial score (nSPS) is 13.4. The van der Waals surface area contributed by atoms with Crippen LogP contribution in [0.2, 0.25) is 0 Å². The minimum Gasteiger partial charge on any atom is -0.493 e. The number of nitrogens with zero attached hydrogens (tertiary/aromatic N) is 2. The van der Waals surface area contributed by atoms with E-state index in [1.807, 2.05) is 36.9 Å². The minimum absolute atomic E-state index is 0.0288. The quantitative estimate of drug-likeness (QED) is 0.0898. The lowest BCUT2D eigenvalue weighted by molar-refractivity contribution is -0.136. The first kappa shape index (κ1) is 36.0. The highest BCUT2D eigenvalue weighted by molar-refractivity contribution is 6.03. The summed E-state index contributed by atoms with van der Waals surface area (Å²) in [7, 11) is 3.26. The van der Waals surface area contributed by atoms with Crippen molar-refractivity contribution in [2.24, 2.45) is 28.8 Å². The molecule has 0 aliphatic carbocycles. The maximum absolute atomic E-state index is 13.1. The molecule has 2 atom stereocenters. The topological polar surface area (TPSA) is 98.7 Å². The molecular formula is C32H53N3O6. The SMILES string of the molecule is CCOC(=O)NN=C(c1ccc(OC)c(OCCCOC)c1)C(C/C=C/CC(C(=O)N(CC)CC)C(C)C)C(C)C. The summed E-state index contributed by atoms with van der Waals surface area (Å²) in [6, 6.07) is 5.66. The van der Waals surface area contributed by atoms with Crippen LogP contribution in [0.3, 0.4) is 0 Å². The average molecular weight is 576 g/mol. The van der Waals surface area contributed by atoms with E-state index in [1.54, 1.807) is 21.1 Å². The third-order valence-corrected chi connectivity index (χ3v) is 7.05. The predicted octanol–water partition coefficient (Wildman–Crippen LogP) is 6.31. The van der Waals surface area contributed by atoms with Crippen molar-refractivity contribution in [3.63, 3.8) is 0 Å². The summed E-state index contributed by atoms with van der Waals surface area (Å²) in [5.41, 5.74) is 4.08. The van der Waals surface area contributed by atoms with E-state index in [-0.39, 0.29) is 36.2 Å². The standard InChI is InChI=1S/C32H53N3O6/c1-10-35(11-2)31(36)27(24(6)7)17-14-13-16-26(23(4)5)30(33-34-32(37)40-12-3)25-18-19-28(39-9)29(22-25)41-21-15-20-38-8/h13-14,18-19,22-24,26-27H,10-12,15-17,20-21H2,1-9H3,(H,34,37)/b14-13+,33-30?. The number of carbonyl (C=O) groups excluding carboxylic acids is 2. The predicted molar refractivity (Wildman–Crippen MR) is 165 cm³/mol. The summed E-state index contributed by atoms with van der Waals surface area (Å²) >= 11 is 0. The summed E-state index contributed by atoms with van der Waals surface area (Å²) in [5.74, 6) is 1.75. The summed E-state index contributed by atoms with van der Waals surface area (Å²) in [6.07, 6.45) is 5.72. The summed E-state index contributed by atoms with van der Waals surface area (Å²) in [6.45, 7) is 17.0. The molecule has 0 aliphatic heterocycles. The third-order valence-electron chi connectivity index (χ3n) is 7.05. The number of hydrogen-bond donors (Lipinski definition) is 1. The van der Waals surface area contributed by atoms with Crippen molar-refractivity contribution in [1.82, 2.24) is 10.3 Å². The Balaban J connectivity index is 3.31. The molecule has 0 saturated carbocycles. The third kappa shape index (κ3) is 12.1. The van der Waals surface area contributed by atoms with Crippen LogP contribution in [0.1, 0.15) is 73.3 Å². The van der Waals surface area contributed by atoms with E-state index in [0.717, 1.165) is 12.0 Å². The Morgan fingerprint density at radius 3 is 2.10 bits per heavy atom. The van der Waals surface area contributed by atoms with Gasteiger partial charge in [-0.15, -0.1) is 0 Å². The number of benzene rings is 1. The van der Waals surface area contributed by atoms with Crippen LogP contribution in [0, 0.1) is 23.7 Å². The Kier molecular flexibility index (Phi) is 17.5. The van der Waals surface area contributed by atoms with Gasteiger partial charge in [0, 0.05) is 50.6 Å². The number of allylic oxidation sites excluding steroid dienone is 2. The molecule has 9 heteroatoms. The van der Waals surface area contributed by atoms with Crippen LogP contribution < -0.4 is 14.9 Å². The number of amides is 2. The Labute approximate surface area is 247 Å². The number of methoxy groups -OCH3 is 2. The molecule has 41 heavy (non-hydrogen) atoms.